The molecule has 9 heteroatoms. The van der Waals surface area contributed by atoms with Gasteiger partial charge in [0.15, 0.2) is 5.03 Å². The van der Waals surface area contributed by atoms with Gasteiger partial charge in [0.05, 0.1) is 12.3 Å². The van der Waals surface area contributed by atoms with Crippen molar-refractivity contribution in [3.63, 3.8) is 0 Å². The first-order chi connectivity index (χ1) is 18.1. The molecule has 0 aliphatic carbocycles. The van der Waals surface area contributed by atoms with Crippen molar-refractivity contribution in [2.24, 2.45) is 0 Å². The zero-order chi connectivity index (χ0) is 27.4. The Balaban J connectivity index is 1.75. The number of aromatic nitrogens is 2. The lowest BCUT2D eigenvalue weighted by Crippen LogP contribution is -2.31. The van der Waals surface area contributed by atoms with Gasteiger partial charge < -0.3 is 9.47 Å². The molecule has 0 spiro atoms. The molecule has 2 heterocycles. The van der Waals surface area contributed by atoms with Crippen molar-refractivity contribution in [3.05, 3.63) is 100 Å². The van der Waals surface area contributed by atoms with Gasteiger partial charge in [0, 0.05) is 18.4 Å². The van der Waals surface area contributed by atoms with Crippen LogP contribution in [0.15, 0.2) is 71.8 Å². The second kappa shape index (κ2) is 11.1. The second-order valence-electron chi connectivity index (χ2n) is 9.06. The SMILES string of the molecule is COCc1ccc(-c2ccc(C(=O)NS(=O)(=O)c3cccc(C)n3)c(Oc3c(C)cc(C)cc3C)n2)cc1. The number of rotatable bonds is 8. The van der Waals surface area contributed by atoms with Crippen LogP contribution < -0.4 is 9.46 Å². The molecule has 0 aliphatic rings. The summed E-state index contributed by atoms with van der Waals surface area (Å²) < 4.78 is 39.3. The Kier molecular flexibility index (Phi) is 7.89. The third kappa shape index (κ3) is 6.07. The van der Waals surface area contributed by atoms with Crippen molar-refractivity contribution in [1.82, 2.24) is 14.7 Å². The molecular formula is C29H29N3O5S. The summed E-state index contributed by atoms with van der Waals surface area (Å²) in [5.41, 5.74) is 5.65. The van der Waals surface area contributed by atoms with E-state index in [9.17, 15) is 13.2 Å². The van der Waals surface area contributed by atoms with Gasteiger partial charge in [-0.2, -0.15) is 8.42 Å². The Hall–Kier alpha value is -4.08. The number of carbonyl (C=O) groups is 1. The number of amides is 1. The summed E-state index contributed by atoms with van der Waals surface area (Å²) in [4.78, 5) is 21.9. The van der Waals surface area contributed by atoms with Gasteiger partial charge in [-0.1, -0.05) is 48.0 Å². The number of nitrogens with one attached hydrogen (secondary N) is 1. The van der Waals surface area contributed by atoms with E-state index in [2.05, 4.69) is 14.7 Å². The highest BCUT2D eigenvalue weighted by Gasteiger charge is 2.24. The highest BCUT2D eigenvalue weighted by Crippen LogP contribution is 2.32. The fourth-order valence-corrected chi connectivity index (χ4v) is 5.09. The van der Waals surface area contributed by atoms with Crippen LogP contribution in [0, 0.1) is 27.7 Å². The summed E-state index contributed by atoms with van der Waals surface area (Å²) in [5.74, 6) is -0.336. The van der Waals surface area contributed by atoms with Crippen molar-refractivity contribution in [3.8, 4) is 22.9 Å². The Morgan fingerprint density at radius 1 is 0.895 bits per heavy atom. The zero-order valence-corrected chi connectivity index (χ0v) is 22.7. The molecule has 2 aromatic heterocycles. The number of sulfonamides is 1. The third-order valence-electron chi connectivity index (χ3n) is 5.83. The first-order valence-corrected chi connectivity index (χ1v) is 13.4. The minimum atomic E-state index is -4.22. The molecule has 0 fully saturated rings. The molecule has 0 saturated carbocycles. The van der Waals surface area contributed by atoms with Gasteiger partial charge in [0.1, 0.15) is 11.3 Å². The number of benzene rings is 2. The molecular weight excluding hydrogens is 502 g/mol. The maximum atomic E-state index is 13.3. The zero-order valence-electron chi connectivity index (χ0n) is 21.9. The normalized spacial score (nSPS) is 11.3. The van der Waals surface area contributed by atoms with E-state index in [1.54, 1.807) is 32.2 Å². The lowest BCUT2D eigenvalue weighted by Gasteiger charge is -2.16. The van der Waals surface area contributed by atoms with Gasteiger partial charge in [-0.3, -0.25) is 4.79 Å². The van der Waals surface area contributed by atoms with Crippen molar-refractivity contribution < 1.29 is 22.7 Å². The summed E-state index contributed by atoms with van der Waals surface area (Å²) in [6, 6.07) is 19.3. The molecule has 38 heavy (non-hydrogen) atoms. The second-order valence-corrected chi connectivity index (χ2v) is 10.7. The van der Waals surface area contributed by atoms with E-state index < -0.39 is 15.9 Å². The van der Waals surface area contributed by atoms with Gasteiger partial charge >= 0.3 is 0 Å². The average Bonchev–Trinajstić information content (AvgIpc) is 2.86. The topological polar surface area (TPSA) is 107 Å². The predicted molar refractivity (Wildman–Crippen MR) is 145 cm³/mol. The highest BCUT2D eigenvalue weighted by molar-refractivity contribution is 7.90. The fourth-order valence-electron chi connectivity index (χ4n) is 4.11. The number of methoxy groups -OCH3 is 1. The van der Waals surface area contributed by atoms with E-state index in [0.717, 1.165) is 27.8 Å². The van der Waals surface area contributed by atoms with Gasteiger partial charge in [0.25, 0.3) is 15.9 Å². The first kappa shape index (κ1) is 27.0. The predicted octanol–water partition coefficient (Wildman–Crippen LogP) is 5.43. The van der Waals surface area contributed by atoms with Gasteiger partial charge in [-0.25, -0.2) is 14.7 Å². The monoisotopic (exact) mass is 531 g/mol. The molecule has 196 valence electrons. The summed E-state index contributed by atoms with van der Waals surface area (Å²) in [7, 11) is -2.59. The van der Waals surface area contributed by atoms with E-state index >= 15 is 0 Å². The number of hydrogen-bond donors (Lipinski definition) is 1. The smallest absolute Gasteiger partial charge is 0.281 e. The Bertz CT molecular complexity index is 1580. The molecule has 0 saturated heterocycles. The largest absolute Gasteiger partial charge is 0.438 e. The molecule has 0 bridgehead atoms. The van der Waals surface area contributed by atoms with E-state index in [1.165, 1.54) is 12.1 Å². The van der Waals surface area contributed by atoms with Crippen LogP contribution >= 0.6 is 0 Å². The first-order valence-electron chi connectivity index (χ1n) is 11.9. The van der Waals surface area contributed by atoms with Gasteiger partial charge in [0.2, 0.25) is 5.88 Å². The molecule has 8 nitrogen and oxygen atoms in total. The fraction of sp³-hybridized carbons (Fsp3) is 0.207. The van der Waals surface area contributed by atoms with Crippen molar-refractivity contribution >= 4 is 15.9 Å². The van der Waals surface area contributed by atoms with E-state index in [1.807, 2.05) is 57.2 Å². The lowest BCUT2D eigenvalue weighted by molar-refractivity contribution is 0.0978. The quantitative estimate of drug-likeness (QED) is 0.323. The van der Waals surface area contributed by atoms with Crippen LogP contribution in [-0.2, 0) is 21.4 Å². The highest BCUT2D eigenvalue weighted by atomic mass is 32.2. The number of carbonyl (C=O) groups excluding carboxylic acids is 1. The van der Waals surface area contributed by atoms with Crippen LogP contribution in [0.3, 0.4) is 0 Å². The molecule has 1 N–H and O–H groups in total. The van der Waals surface area contributed by atoms with E-state index in [-0.39, 0.29) is 16.5 Å². The summed E-state index contributed by atoms with van der Waals surface area (Å²) in [6.45, 7) is 7.95. The maximum absolute atomic E-state index is 13.3. The van der Waals surface area contributed by atoms with E-state index in [0.29, 0.717) is 23.7 Å². The minimum absolute atomic E-state index is 0.0107. The van der Waals surface area contributed by atoms with Crippen LogP contribution in [0.1, 0.15) is 38.3 Å². The van der Waals surface area contributed by atoms with Gasteiger partial charge in [-0.15, -0.1) is 0 Å². The van der Waals surface area contributed by atoms with Crippen LogP contribution in [0.5, 0.6) is 11.6 Å². The van der Waals surface area contributed by atoms with Crippen LogP contribution in [0.2, 0.25) is 0 Å². The van der Waals surface area contributed by atoms with Crippen LogP contribution in [0.25, 0.3) is 11.3 Å². The van der Waals surface area contributed by atoms with Crippen molar-refractivity contribution in [2.75, 3.05) is 7.11 Å². The minimum Gasteiger partial charge on any atom is -0.438 e. The molecule has 0 aliphatic heterocycles. The molecule has 0 radical (unpaired) electrons. The maximum Gasteiger partial charge on any atom is 0.281 e. The average molecular weight is 532 g/mol. The molecule has 0 atom stereocenters. The molecule has 2 aromatic carbocycles. The van der Waals surface area contributed by atoms with E-state index in [4.69, 9.17) is 9.47 Å². The third-order valence-corrected chi connectivity index (χ3v) is 7.07. The Labute approximate surface area is 222 Å². The molecule has 0 unspecified atom stereocenters. The van der Waals surface area contributed by atoms with Crippen molar-refractivity contribution in [2.45, 2.75) is 39.3 Å². The van der Waals surface area contributed by atoms with Crippen molar-refractivity contribution in [1.29, 1.82) is 0 Å². The molecule has 4 rings (SSSR count). The molecule has 4 aromatic rings. The number of hydrogen-bond acceptors (Lipinski definition) is 7. The summed E-state index contributed by atoms with van der Waals surface area (Å²) in [5, 5.41) is -0.251. The number of nitrogens with zero attached hydrogens (tertiary/aromatic N) is 2. The number of pyridine rings is 2. The summed E-state index contributed by atoms with van der Waals surface area (Å²) in [6.07, 6.45) is 0. The number of aryl methyl sites for hydroxylation is 4. The standard InChI is InChI=1S/C29H29N3O5S/c1-18-15-19(2)27(20(3)16-18)37-29-24(28(33)32-38(34,35)26-8-6-7-21(4)30-26)13-14-25(31-29)23-11-9-22(10-12-23)17-36-5/h6-16H,17H2,1-5H3,(H,32,33). The Morgan fingerprint density at radius 3 is 2.21 bits per heavy atom. The summed E-state index contributed by atoms with van der Waals surface area (Å²) >= 11 is 0. The van der Waals surface area contributed by atoms with Gasteiger partial charge in [-0.05, 0) is 68.7 Å². The molecule has 1 amide bonds. The Morgan fingerprint density at radius 2 is 1.58 bits per heavy atom. The number of ether oxygens (including phenoxy) is 2. The van der Waals surface area contributed by atoms with Crippen LogP contribution in [0.4, 0.5) is 0 Å². The van der Waals surface area contributed by atoms with Crippen LogP contribution in [-0.4, -0.2) is 31.4 Å². The lowest BCUT2D eigenvalue weighted by atomic mass is 10.1.